The van der Waals surface area contributed by atoms with Crippen molar-refractivity contribution in [2.24, 2.45) is 0 Å². The number of allylic oxidation sites excluding steroid dienone is 1. The van der Waals surface area contributed by atoms with Crippen molar-refractivity contribution in [2.45, 2.75) is 6.92 Å². The van der Waals surface area contributed by atoms with E-state index in [4.69, 9.17) is 23.7 Å². The summed E-state index contributed by atoms with van der Waals surface area (Å²) in [6.45, 7) is 2.59. The van der Waals surface area contributed by atoms with Gasteiger partial charge in [0.2, 0.25) is 18.3 Å². The number of rotatable bonds is 7. The molecular weight excluding hydrogens is 336 g/mol. The molecule has 2 aromatic carbocycles. The highest BCUT2D eigenvalue weighted by atomic mass is 16.7. The average Bonchev–Trinajstić information content (AvgIpc) is 3.15. The van der Waals surface area contributed by atoms with Crippen molar-refractivity contribution in [1.82, 2.24) is 0 Å². The molecule has 0 saturated carbocycles. The fraction of sp³-hybridized carbons (Fsp3) is 0.250. The molecule has 2 aromatic rings. The van der Waals surface area contributed by atoms with E-state index in [0.29, 0.717) is 40.7 Å². The summed E-state index contributed by atoms with van der Waals surface area (Å²) in [7, 11) is 3.08. The number of carbonyl (C=O) groups is 1. The van der Waals surface area contributed by atoms with Crippen molar-refractivity contribution in [3.05, 3.63) is 47.5 Å². The Bertz CT molecular complexity index is 823. The second-order valence-corrected chi connectivity index (χ2v) is 5.42. The Balaban J connectivity index is 1.86. The Morgan fingerprint density at radius 3 is 2.50 bits per heavy atom. The van der Waals surface area contributed by atoms with E-state index < -0.39 is 0 Å². The van der Waals surface area contributed by atoms with Crippen LogP contribution in [0.4, 0.5) is 0 Å². The van der Waals surface area contributed by atoms with Gasteiger partial charge in [-0.1, -0.05) is 0 Å². The van der Waals surface area contributed by atoms with Gasteiger partial charge in [0.25, 0.3) is 0 Å². The Kier molecular flexibility index (Phi) is 5.31. The van der Waals surface area contributed by atoms with Gasteiger partial charge in [-0.2, -0.15) is 0 Å². The predicted molar refractivity (Wildman–Crippen MR) is 96.6 cm³/mol. The zero-order valence-corrected chi connectivity index (χ0v) is 14.9. The molecule has 0 fully saturated rings. The van der Waals surface area contributed by atoms with Crippen molar-refractivity contribution < 1.29 is 28.5 Å². The third kappa shape index (κ3) is 3.44. The molecule has 6 nitrogen and oxygen atoms in total. The maximum absolute atomic E-state index is 12.4. The molecule has 0 atom stereocenters. The molecule has 26 heavy (non-hydrogen) atoms. The molecule has 6 heteroatoms. The van der Waals surface area contributed by atoms with Gasteiger partial charge in [-0.3, -0.25) is 4.79 Å². The molecule has 1 aliphatic heterocycles. The maximum atomic E-state index is 12.4. The van der Waals surface area contributed by atoms with Gasteiger partial charge in [-0.25, -0.2) is 0 Å². The van der Waals surface area contributed by atoms with Gasteiger partial charge in [0.15, 0.2) is 17.3 Å². The van der Waals surface area contributed by atoms with Gasteiger partial charge in [0.05, 0.1) is 20.8 Å². The molecule has 0 radical (unpaired) electrons. The van der Waals surface area contributed by atoms with Crippen LogP contribution in [-0.2, 0) is 0 Å². The number of carbonyl (C=O) groups excluding carboxylic acids is 1. The van der Waals surface area contributed by atoms with Crippen LogP contribution in [-0.4, -0.2) is 33.4 Å². The third-order valence-corrected chi connectivity index (χ3v) is 3.88. The number of methoxy groups -OCH3 is 2. The lowest BCUT2D eigenvalue weighted by Gasteiger charge is -2.11. The fourth-order valence-electron chi connectivity index (χ4n) is 2.66. The van der Waals surface area contributed by atoms with Crippen LogP contribution in [0.2, 0.25) is 0 Å². The standard InChI is InChI=1S/C20H20O6/c1-4-24-15-8-5-13(6-9-15)16(21)10-7-14-11-17(22-2)19-20(18(14)23-3)26-12-25-19/h5-11H,4,12H2,1-3H3. The molecule has 3 rings (SSSR count). The Labute approximate surface area is 151 Å². The summed E-state index contributed by atoms with van der Waals surface area (Å²) in [6, 6.07) is 8.75. The molecular formula is C20H20O6. The number of fused-ring (bicyclic) bond motifs is 1. The molecule has 0 saturated heterocycles. The molecule has 0 unspecified atom stereocenters. The van der Waals surface area contributed by atoms with Gasteiger partial charge in [0.1, 0.15) is 5.75 Å². The van der Waals surface area contributed by atoms with E-state index in [0.717, 1.165) is 5.75 Å². The van der Waals surface area contributed by atoms with E-state index in [1.165, 1.54) is 13.2 Å². The van der Waals surface area contributed by atoms with Crippen LogP contribution >= 0.6 is 0 Å². The second kappa shape index (κ2) is 7.82. The van der Waals surface area contributed by atoms with Gasteiger partial charge in [-0.15, -0.1) is 0 Å². The molecule has 0 amide bonds. The first-order chi connectivity index (χ1) is 12.7. The number of ketones is 1. The molecule has 0 aromatic heterocycles. The predicted octanol–water partition coefficient (Wildman–Crippen LogP) is 3.73. The van der Waals surface area contributed by atoms with Gasteiger partial charge < -0.3 is 23.7 Å². The summed E-state index contributed by atoms with van der Waals surface area (Å²) in [6.07, 6.45) is 3.15. The Hall–Kier alpha value is -3.15. The topological polar surface area (TPSA) is 63.2 Å². The van der Waals surface area contributed by atoms with Crippen molar-refractivity contribution in [3.63, 3.8) is 0 Å². The zero-order valence-electron chi connectivity index (χ0n) is 14.9. The molecule has 0 N–H and O–H groups in total. The molecule has 1 aliphatic rings. The van der Waals surface area contributed by atoms with Gasteiger partial charge in [-0.05, 0) is 49.4 Å². The van der Waals surface area contributed by atoms with Gasteiger partial charge in [0, 0.05) is 11.1 Å². The van der Waals surface area contributed by atoms with Crippen LogP contribution in [0, 0.1) is 0 Å². The van der Waals surface area contributed by atoms with Crippen molar-refractivity contribution in [1.29, 1.82) is 0 Å². The SMILES string of the molecule is CCOc1ccc(C(=O)C=Cc2cc(OC)c3c(c2OC)OCO3)cc1. The molecule has 0 spiro atoms. The monoisotopic (exact) mass is 356 g/mol. The van der Waals surface area contributed by atoms with E-state index in [1.54, 1.807) is 43.5 Å². The van der Waals surface area contributed by atoms with E-state index in [-0.39, 0.29) is 12.6 Å². The minimum absolute atomic E-state index is 0.0976. The maximum Gasteiger partial charge on any atom is 0.231 e. The lowest BCUT2D eigenvalue weighted by atomic mass is 10.1. The van der Waals surface area contributed by atoms with E-state index in [1.807, 2.05) is 6.92 Å². The van der Waals surface area contributed by atoms with Crippen LogP contribution in [0.15, 0.2) is 36.4 Å². The van der Waals surface area contributed by atoms with E-state index in [2.05, 4.69) is 0 Å². The summed E-state index contributed by atoms with van der Waals surface area (Å²) in [5.74, 6) is 2.59. The van der Waals surface area contributed by atoms with Crippen LogP contribution in [0.5, 0.6) is 28.7 Å². The van der Waals surface area contributed by atoms with Crippen molar-refractivity contribution in [2.75, 3.05) is 27.6 Å². The number of hydrogen-bond donors (Lipinski definition) is 0. The summed E-state index contributed by atoms with van der Waals surface area (Å²) >= 11 is 0. The van der Waals surface area contributed by atoms with E-state index >= 15 is 0 Å². The minimum Gasteiger partial charge on any atom is -0.494 e. The first kappa shape index (κ1) is 17.7. The van der Waals surface area contributed by atoms with Crippen LogP contribution < -0.4 is 23.7 Å². The van der Waals surface area contributed by atoms with E-state index in [9.17, 15) is 4.79 Å². The number of benzene rings is 2. The third-order valence-electron chi connectivity index (χ3n) is 3.88. The first-order valence-electron chi connectivity index (χ1n) is 8.17. The van der Waals surface area contributed by atoms with Crippen LogP contribution in [0.25, 0.3) is 6.08 Å². The largest absolute Gasteiger partial charge is 0.494 e. The average molecular weight is 356 g/mol. The Morgan fingerprint density at radius 2 is 1.85 bits per heavy atom. The lowest BCUT2D eigenvalue weighted by Crippen LogP contribution is -1.97. The summed E-state index contributed by atoms with van der Waals surface area (Å²) < 4.78 is 27.0. The molecule has 136 valence electrons. The minimum atomic E-state index is -0.133. The lowest BCUT2D eigenvalue weighted by molar-refractivity contribution is 0.104. The normalized spacial score (nSPS) is 12.3. The number of ether oxygens (including phenoxy) is 5. The summed E-state index contributed by atoms with van der Waals surface area (Å²) in [5, 5.41) is 0. The highest BCUT2D eigenvalue weighted by molar-refractivity contribution is 6.07. The second-order valence-electron chi connectivity index (χ2n) is 5.42. The fourth-order valence-corrected chi connectivity index (χ4v) is 2.66. The highest BCUT2D eigenvalue weighted by Crippen LogP contribution is 2.49. The quantitative estimate of drug-likeness (QED) is 0.556. The van der Waals surface area contributed by atoms with Crippen LogP contribution in [0.3, 0.4) is 0 Å². The molecule has 0 bridgehead atoms. The number of hydrogen-bond acceptors (Lipinski definition) is 6. The van der Waals surface area contributed by atoms with Crippen LogP contribution in [0.1, 0.15) is 22.8 Å². The summed E-state index contributed by atoms with van der Waals surface area (Å²) in [4.78, 5) is 12.4. The Morgan fingerprint density at radius 1 is 1.12 bits per heavy atom. The van der Waals surface area contributed by atoms with Crippen molar-refractivity contribution >= 4 is 11.9 Å². The molecule has 1 heterocycles. The summed E-state index contributed by atoms with van der Waals surface area (Å²) in [5.41, 5.74) is 1.23. The smallest absolute Gasteiger partial charge is 0.231 e. The zero-order chi connectivity index (χ0) is 18.5. The molecule has 0 aliphatic carbocycles. The van der Waals surface area contributed by atoms with Gasteiger partial charge >= 0.3 is 0 Å². The highest BCUT2D eigenvalue weighted by Gasteiger charge is 2.26. The van der Waals surface area contributed by atoms with Crippen molar-refractivity contribution in [3.8, 4) is 28.7 Å². The first-order valence-corrected chi connectivity index (χ1v) is 8.17.